The number of hydrogen-bond acceptors (Lipinski definition) is 2. The molecule has 0 atom stereocenters. The molecule has 1 aliphatic rings. The van der Waals surface area contributed by atoms with Gasteiger partial charge >= 0.3 is 0 Å². The highest BCUT2D eigenvalue weighted by Crippen LogP contribution is 2.27. The van der Waals surface area contributed by atoms with E-state index < -0.39 is 5.54 Å². The average Bonchev–Trinajstić information content (AvgIpc) is 2.54. The first-order chi connectivity index (χ1) is 6.92. The minimum absolute atomic E-state index is 0.0692. The molecule has 0 radical (unpaired) electrons. The maximum Gasteiger partial charge on any atom is 0.221 e. The summed E-state index contributed by atoms with van der Waals surface area (Å²) in [7, 11) is 0. The van der Waals surface area contributed by atoms with Crippen molar-refractivity contribution in [2.45, 2.75) is 51.5 Å². The van der Waals surface area contributed by atoms with Crippen LogP contribution < -0.4 is 11.1 Å². The van der Waals surface area contributed by atoms with Gasteiger partial charge in [0.15, 0.2) is 0 Å². The molecule has 86 valence electrons. The lowest BCUT2D eigenvalue weighted by Gasteiger charge is -2.25. The number of hydrogen-bond donors (Lipinski definition) is 2. The molecular formula is C11H20N2OS. The first kappa shape index (κ1) is 12.4. The third-order valence-electron chi connectivity index (χ3n) is 3.02. The van der Waals surface area contributed by atoms with Crippen molar-refractivity contribution in [3.8, 4) is 0 Å². The van der Waals surface area contributed by atoms with Crippen LogP contribution in [0.4, 0.5) is 0 Å². The Morgan fingerprint density at radius 3 is 2.47 bits per heavy atom. The van der Waals surface area contributed by atoms with E-state index in [1.54, 1.807) is 0 Å². The van der Waals surface area contributed by atoms with Crippen LogP contribution in [0.1, 0.15) is 46.0 Å². The highest BCUT2D eigenvalue weighted by atomic mass is 32.1. The monoisotopic (exact) mass is 228 g/mol. The summed E-state index contributed by atoms with van der Waals surface area (Å²) in [4.78, 5) is 12.0. The van der Waals surface area contributed by atoms with Crippen molar-refractivity contribution < 1.29 is 4.79 Å². The minimum atomic E-state index is -0.564. The van der Waals surface area contributed by atoms with E-state index in [1.165, 1.54) is 25.7 Å². The van der Waals surface area contributed by atoms with E-state index in [1.807, 2.05) is 13.8 Å². The Bertz CT molecular complexity index is 257. The number of nitrogens with two attached hydrogens (primary N) is 1. The molecule has 3 N–H and O–H groups in total. The van der Waals surface area contributed by atoms with Crippen LogP contribution in [0.15, 0.2) is 0 Å². The molecule has 1 rings (SSSR count). The van der Waals surface area contributed by atoms with Crippen LogP contribution in [-0.2, 0) is 4.79 Å². The molecule has 15 heavy (non-hydrogen) atoms. The van der Waals surface area contributed by atoms with Gasteiger partial charge in [0.25, 0.3) is 0 Å². The largest absolute Gasteiger partial charge is 0.391 e. The highest BCUT2D eigenvalue weighted by molar-refractivity contribution is 7.80. The van der Waals surface area contributed by atoms with Crippen LogP contribution >= 0.6 is 12.2 Å². The van der Waals surface area contributed by atoms with E-state index in [-0.39, 0.29) is 5.91 Å². The van der Waals surface area contributed by atoms with Crippen molar-refractivity contribution in [3.63, 3.8) is 0 Å². The zero-order chi connectivity index (χ0) is 11.5. The molecule has 1 saturated carbocycles. The average molecular weight is 228 g/mol. The molecule has 4 heteroatoms. The van der Waals surface area contributed by atoms with E-state index >= 15 is 0 Å². The van der Waals surface area contributed by atoms with Gasteiger partial charge in [-0.05, 0) is 32.6 Å². The van der Waals surface area contributed by atoms with E-state index in [0.717, 1.165) is 0 Å². The maximum absolute atomic E-state index is 11.7. The molecular weight excluding hydrogens is 208 g/mol. The summed E-state index contributed by atoms with van der Waals surface area (Å²) in [5, 5.41) is 2.88. The molecule has 0 aromatic rings. The van der Waals surface area contributed by atoms with Crippen LogP contribution in [0.3, 0.4) is 0 Å². The standard InChI is InChI=1S/C11H20N2OS/c1-11(2,10(12)15)13-9(14)7-8-5-3-4-6-8/h8H,3-7H2,1-2H3,(H2,12,15)(H,13,14). The summed E-state index contributed by atoms with van der Waals surface area (Å²) in [6, 6.07) is 0. The summed E-state index contributed by atoms with van der Waals surface area (Å²) >= 11 is 4.90. The summed E-state index contributed by atoms with van der Waals surface area (Å²) in [5.74, 6) is 0.631. The smallest absolute Gasteiger partial charge is 0.221 e. The topological polar surface area (TPSA) is 55.1 Å². The SMILES string of the molecule is CC(C)(NC(=O)CC1CCCC1)C(N)=S. The molecule has 0 saturated heterocycles. The van der Waals surface area contributed by atoms with Gasteiger partial charge in [0.05, 0.1) is 10.5 Å². The van der Waals surface area contributed by atoms with Crippen LogP contribution in [0.5, 0.6) is 0 Å². The van der Waals surface area contributed by atoms with E-state index in [9.17, 15) is 4.79 Å². The molecule has 0 unspecified atom stereocenters. The molecule has 0 aliphatic heterocycles. The number of amides is 1. The number of thiocarbonyl (C=S) groups is 1. The van der Waals surface area contributed by atoms with Crippen LogP contribution in [0, 0.1) is 5.92 Å². The molecule has 0 aromatic carbocycles. The number of carbonyl (C=O) groups excluding carboxylic acids is 1. The minimum Gasteiger partial charge on any atom is -0.391 e. The fraction of sp³-hybridized carbons (Fsp3) is 0.818. The molecule has 3 nitrogen and oxygen atoms in total. The summed E-state index contributed by atoms with van der Waals surface area (Å²) in [5.41, 5.74) is 4.98. The molecule has 0 spiro atoms. The Morgan fingerprint density at radius 2 is 2.00 bits per heavy atom. The Hall–Kier alpha value is -0.640. The second-order valence-electron chi connectivity index (χ2n) is 4.89. The third kappa shape index (κ3) is 3.78. The lowest BCUT2D eigenvalue weighted by molar-refractivity contribution is -0.122. The van der Waals surface area contributed by atoms with Crippen LogP contribution in [-0.4, -0.2) is 16.4 Å². The van der Waals surface area contributed by atoms with Gasteiger partial charge < -0.3 is 11.1 Å². The van der Waals surface area contributed by atoms with Crippen molar-refractivity contribution in [1.29, 1.82) is 0 Å². The Balaban J connectivity index is 2.38. The van der Waals surface area contributed by atoms with Gasteiger partial charge in [-0.2, -0.15) is 0 Å². The lowest BCUT2D eigenvalue weighted by atomic mass is 10.0. The fourth-order valence-electron chi connectivity index (χ4n) is 1.94. The van der Waals surface area contributed by atoms with Gasteiger partial charge in [-0.15, -0.1) is 0 Å². The molecule has 0 bridgehead atoms. The molecule has 0 heterocycles. The third-order valence-corrected chi connectivity index (χ3v) is 3.53. The Kier molecular flexibility index (Phi) is 4.08. The van der Waals surface area contributed by atoms with Crippen molar-refractivity contribution in [1.82, 2.24) is 5.32 Å². The Morgan fingerprint density at radius 1 is 1.47 bits per heavy atom. The van der Waals surface area contributed by atoms with Crippen molar-refractivity contribution in [2.24, 2.45) is 11.7 Å². The zero-order valence-corrected chi connectivity index (χ0v) is 10.3. The van der Waals surface area contributed by atoms with E-state index in [2.05, 4.69) is 5.32 Å². The van der Waals surface area contributed by atoms with Gasteiger partial charge in [-0.25, -0.2) is 0 Å². The van der Waals surface area contributed by atoms with E-state index in [4.69, 9.17) is 18.0 Å². The lowest BCUT2D eigenvalue weighted by Crippen LogP contribution is -2.52. The van der Waals surface area contributed by atoms with Crippen LogP contribution in [0.2, 0.25) is 0 Å². The second-order valence-corrected chi connectivity index (χ2v) is 5.33. The van der Waals surface area contributed by atoms with Gasteiger partial charge in [0.2, 0.25) is 5.91 Å². The van der Waals surface area contributed by atoms with Gasteiger partial charge in [-0.3, -0.25) is 4.79 Å². The van der Waals surface area contributed by atoms with Gasteiger partial charge in [-0.1, -0.05) is 25.1 Å². The van der Waals surface area contributed by atoms with Gasteiger partial charge in [0, 0.05) is 6.42 Å². The predicted molar refractivity (Wildman–Crippen MR) is 65.6 cm³/mol. The Labute approximate surface area is 96.8 Å². The van der Waals surface area contributed by atoms with Crippen molar-refractivity contribution in [3.05, 3.63) is 0 Å². The fourth-order valence-corrected chi connectivity index (χ4v) is 1.99. The summed E-state index contributed by atoms with van der Waals surface area (Å²) in [6.07, 6.45) is 5.50. The first-order valence-electron chi connectivity index (χ1n) is 5.53. The second kappa shape index (κ2) is 4.92. The van der Waals surface area contributed by atoms with Gasteiger partial charge in [0.1, 0.15) is 0 Å². The molecule has 0 aromatic heterocycles. The normalized spacial score (nSPS) is 17.7. The molecule has 1 fully saturated rings. The van der Waals surface area contributed by atoms with Crippen LogP contribution in [0.25, 0.3) is 0 Å². The number of carbonyl (C=O) groups is 1. The van der Waals surface area contributed by atoms with Crippen molar-refractivity contribution >= 4 is 23.1 Å². The quantitative estimate of drug-likeness (QED) is 0.721. The number of nitrogens with one attached hydrogen (secondary N) is 1. The zero-order valence-electron chi connectivity index (χ0n) is 9.51. The summed E-state index contributed by atoms with van der Waals surface area (Å²) in [6.45, 7) is 3.67. The number of rotatable bonds is 4. The maximum atomic E-state index is 11.7. The molecule has 1 amide bonds. The predicted octanol–water partition coefficient (Wildman–Crippen LogP) is 1.75. The highest BCUT2D eigenvalue weighted by Gasteiger charge is 2.25. The first-order valence-corrected chi connectivity index (χ1v) is 5.93. The summed E-state index contributed by atoms with van der Waals surface area (Å²) < 4.78 is 0. The van der Waals surface area contributed by atoms with Crippen molar-refractivity contribution in [2.75, 3.05) is 0 Å². The van der Waals surface area contributed by atoms with E-state index in [0.29, 0.717) is 17.3 Å². The molecule has 1 aliphatic carbocycles.